The average molecular weight is 379 g/mol. The molecule has 138 valence electrons. The largest absolute Gasteiger partial charge is 0.497 e. The molecule has 3 aromatic carbocycles. The molecule has 5 heteroatoms. The van der Waals surface area contributed by atoms with E-state index >= 15 is 0 Å². The number of anilines is 1. The van der Waals surface area contributed by atoms with E-state index in [1.165, 1.54) is 4.31 Å². The SMILES string of the molecule is C=CCN(c1ccccc1-c1ccccc1)S(=O)(=O)c1ccc(OC)cc1. The Morgan fingerprint density at radius 2 is 1.56 bits per heavy atom. The van der Waals surface area contributed by atoms with E-state index in [4.69, 9.17) is 4.74 Å². The Morgan fingerprint density at radius 3 is 2.19 bits per heavy atom. The number of hydrogen-bond donors (Lipinski definition) is 0. The molecule has 0 aliphatic carbocycles. The summed E-state index contributed by atoms with van der Waals surface area (Å²) in [6.45, 7) is 3.90. The van der Waals surface area contributed by atoms with Gasteiger partial charge in [0, 0.05) is 5.56 Å². The van der Waals surface area contributed by atoms with Crippen molar-refractivity contribution in [2.75, 3.05) is 18.0 Å². The van der Waals surface area contributed by atoms with Crippen molar-refractivity contribution in [1.82, 2.24) is 0 Å². The molecule has 3 aromatic rings. The van der Waals surface area contributed by atoms with Crippen LogP contribution in [-0.4, -0.2) is 22.1 Å². The lowest BCUT2D eigenvalue weighted by Gasteiger charge is -2.25. The molecule has 0 saturated carbocycles. The van der Waals surface area contributed by atoms with Crippen LogP contribution in [0.25, 0.3) is 11.1 Å². The van der Waals surface area contributed by atoms with E-state index in [0.717, 1.165) is 11.1 Å². The summed E-state index contributed by atoms with van der Waals surface area (Å²) in [5, 5.41) is 0. The zero-order valence-electron chi connectivity index (χ0n) is 15.1. The number of para-hydroxylation sites is 1. The van der Waals surface area contributed by atoms with Crippen molar-refractivity contribution in [1.29, 1.82) is 0 Å². The predicted octanol–water partition coefficient (Wildman–Crippen LogP) is 4.74. The van der Waals surface area contributed by atoms with Gasteiger partial charge >= 0.3 is 0 Å². The Hall–Kier alpha value is -3.05. The fourth-order valence-electron chi connectivity index (χ4n) is 2.87. The van der Waals surface area contributed by atoms with Crippen LogP contribution in [0, 0.1) is 0 Å². The smallest absolute Gasteiger partial charge is 0.264 e. The van der Waals surface area contributed by atoms with Gasteiger partial charge < -0.3 is 4.74 Å². The molecule has 3 rings (SSSR count). The molecule has 0 radical (unpaired) electrons. The van der Waals surface area contributed by atoms with E-state index in [1.54, 1.807) is 37.5 Å². The minimum absolute atomic E-state index is 0.165. The monoisotopic (exact) mass is 379 g/mol. The van der Waals surface area contributed by atoms with E-state index in [1.807, 2.05) is 54.6 Å². The lowest BCUT2D eigenvalue weighted by Crippen LogP contribution is -2.31. The second kappa shape index (κ2) is 8.10. The molecule has 0 amide bonds. The molecule has 0 heterocycles. The third-order valence-corrected chi connectivity index (χ3v) is 5.99. The van der Waals surface area contributed by atoms with E-state index in [0.29, 0.717) is 11.4 Å². The number of sulfonamides is 1. The molecule has 0 aliphatic heterocycles. The first kappa shape index (κ1) is 18.7. The molecular weight excluding hydrogens is 358 g/mol. The highest BCUT2D eigenvalue weighted by Gasteiger charge is 2.26. The van der Waals surface area contributed by atoms with Crippen LogP contribution in [0.5, 0.6) is 5.75 Å². The molecule has 0 unspecified atom stereocenters. The van der Waals surface area contributed by atoms with E-state index in [9.17, 15) is 8.42 Å². The second-order valence-electron chi connectivity index (χ2n) is 5.88. The van der Waals surface area contributed by atoms with Gasteiger partial charge in [-0.1, -0.05) is 54.6 Å². The molecule has 0 atom stereocenters. The van der Waals surface area contributed by atoms with Crippen molar-refractivity contribution in [2.45, 2.75) is 4.90 Å². The van der Waals surface area contributed by atoms with E-state index in [2.05, 4.69) is 6.58 Å². The van der Waals surface area contributed by atoms with Crippen molar-refractivity contribution >= 4 is 15.7 Å². The number of benzene rings is 3. The molecule has 0 spiro atoms. The zero-order chi connectivity index (χ0) is 19.3. The first-order valence-corrected chi connectivity index (χ1v) is 9.94. The molecule has 4 nitrogen and oxygen atoms in total. The van der Waals surface area contributed by atoms with Gasteiger partial charge in [0.15, 0.2) is 0 Å². The Kier molecular flexibility index (Phi) is 5.62. The summed E-state index contributed by atoms with van der Waals surface area (Å²) in [4.78, 5) is 0.202. The maximum absolute atomic E-state index is 13.3. The van der Waals surface area contributed by atoms with Gasteiger partial charge in [-0.2, -0.15) is 0 Å². The summed E-state index contributed by atoms with van der Waals surface area (Å²) in [6, 6.07) is 23.6. The van der Waals surface area contributed by atoms with E-state index in [-0.39, 0.29) is 11.4 Å². The van der Waals surface area contributed by atoms with Crippen molar-refractivity contribution < 1.29 is 13.2 Å². The fourth-order valence-corrected chi connectivity index (χ4v) is 4.33. The molecule has 0 saturated heterocycles. The van der Waals surface area contributed by atoms with Gasteiger partial charge in [-0.05, 0) is 35.9 Å². The lowest BCUT2D eigenvalue weighted by atomic mass is 10.0. The van der Waals surface area contributed by atoms with Gasteiger partial charge in [0.2, 0.25) is 0 Å². The first-order valence-electron chi connectivity index (χ1n) is 8.50. The van der Waals surface area contributed by atoms with Crippen molar-refractivity contribution in [3.63, 3.8) is 0 Å². The molecule has 27 heavy (non-hydrogen) atoms. The average Bonchev–Trinajstić information content (AvgIpc) is 2.72. The summed E-state index contributed by atoms with van der Waals surface area (Å²) >= 11 is 0. The molecular formula is C22H21NO3S. The van der Waals surface area contributed by atoms with Gasteiger partial charge in [-0.25, -0.2) is 8.42 Å². The number of hydrogen-bond acceptors (Lipinski definition) is 3. The lowest BCUT2D eigenvalue weighted by molar-refractivity contribution is 0.414. The van der Waals surface area contributed by atoms with Crippen molar-refractivity contribution in [3.8, 4) is 16.9 Å². The van der Waals surface area contributed by atoms with Crippen LogP contribution < -0.4 is 9.04 Å². The minimum atomic E-state index is -3.77. The molecule has 0 bridgehead atoms. The number of methoxy groups -OCH3 is 1. The highest BCUT2D eigenvalue weighted by molar-refractivity contribution is 7.92. The van der Waals surface area contributed by atoms with Crippen LogP contribution in [-0.2, 0) is 10.0 Å². The Balaban J connectivity index is 2.12. The van der Waals surface area contributed by atoms with Crippen LogP contribution in [0.4, 0.5) is 5.69 Å². The summed E-state index contributed by atoms with van der Waals surface area (Å²) in [6.07, 6.45) is 1.59. The fraction of sp³-hybridized carbons (Fsp3) is 0.0909. The Bertz CT molecular complexity index is 1010. The maximum Gasteiger partial charge on any atom is 0.264 e. The van der Waals surface area contributed by atoms with Crippen LogP contribution >= 0.6 is 0 Å². The molecule has 0 fully saturated rings. The van der Waals surface area contributed by atoms with Gasteiger partial charge in [0.1, 0.15) is 5.75 Å². The van der Waals surface area contributed by atoms with Gasteiger partial charge in [-0.15, -0.1) is 6.58 Å². The summed E-state index contributed by atoms with van der Waals surface area (Å²) in [7, 11) is -2.22. The number of rotatable bonds is 7. The summed E-state index contributed by atoms with van der Waals surface area (Å²) < 4.78 is 33.2. The van der Waals surface area contributed by atoms with Crippen molar-refractivity contribution in [3.05, 3.63) is 91.5 Å². The van der Waals surface area contributed by atoms with Gasteiger partial charge in [0.25, 0.3) is 10.0 Å². The highest BCUT2D eigenvalue weighted by atomic mass is 32.2. The third-order valence-electron chi connectivity index (χ3n) is 4.20. The predicted molar refractivity (Wildman–Crippen MR) is 110 cm³/mol. The first-order chi connectivity index (χ1) is 13.1. The molecule has 0 aliphatic rings. The van der Waals surface area contributed by atoms with Crippen molar-refractivity contribution in [2.24, 2.45) is 0 Å². The highest BCUT2D eigenvalue weighted by Crippen LogP contribution is 2.34. The van der Waals surface area contributed by atoms with Crippen LogP contribution in [0.2, 0.25) is 0 Å². The number of nitrogens with zero attached hydrogens (tertiary/aromatic N) is 1. The Labute approximate surface area is 160 Å². The molecule has 0 aromatic heterocycles. The Morgan fingerprint density at radius 1 is 0.926 bits per heavy atom. The van der Waals surface area contributed by atoms with Gasteiger partial charge in [0.05, 0.1) is 24.2 Å². The third kappa shape index (κ3) is 3.88. The minimum Gasteiger partial charge on any atom is -0.497 e. The topological polar surface area (TPSA) is 46.6 Å². The standard InChI is InChI=1S/C22H21NO3S/c1-3-17-23(27(24,25)20-15-13-19(26-2)14-16-20)22-12-8-7-11-21(22)18-9-5-4-6-10-18/h3-16H,1,17H2,2H3. The maximum atomic E-state index is 13.3. The normalized spacial score (nSPS) is 11.0. The van der Waals surface area contributed by atoms with Crippen LogP contribution in [0.3, 0.4) is 0 Å². The number of ether oxygens (including phenoxy) is 1. The summed E-state index contributed by atoms with van der Waals surface area (Å²) in [5.41, 5.74) is 2.41. The second-order valence-corrected chi connectivity index (χ2v) is 7.75. The van der Waals surface area contributed by atoms with Gasteiger partial charge in [-0.3, -0.25) is 4.31 Å². The van der Waals surface area contributed by atoms with Crippen LogP contribution in [0.1, 0.15) is 0 Å². The van der Waals surface area contributed by atoms with E-state index < -0.39 is 10.0 Å². The zero-order valence-corrected chi connectivity index (χ0v) is 15.9. The summed E-state index contributed by atoms with van der Waals surface area (Å²) in [5.74, 6) is 0.605. The quantitative estimate of drug-likeness (QED) is 0.557. The van der Waals surface area contributed by atoms with Crippen LogP contribution in [0.15, 0.2) is 96.4 Å². The molecule has 0 N–H and O–H groups in total.